The summed E-state index contributed by atoms with van der Waals surface area (Å²) in [6.07, 6.45) is 0. The molecule has 1 N–H and O–H groups in total. The maximum atomic E-state index is 5.97. The Hall–Kier alpha value is -0.350. The minimum atomic E-state index is 0.201. The predicted octanol–water partition coefficient (Wildman–Crippen LogP) is 4.78. The van der Waals surface area contributed by atoms with Crippen molar-refractivity contribution in [2.75, 3.05) is 7.05 Å². The van der Waals surface area contributed by atoms with Gasteiger partial charge in [-0.25, -0.2) is 0 Å². The van der Waals surface area contributed by atoms with Gasteiger partial charge in [0, 0.05) is 14.4 Å². The van der Waals surface area contributed by atoms with Crippen molar-refractivity contribution in [3.63, 3.8) is 0 Å². The quantitative estimate of drug-likeness (QED) is 0.854. The van der Waals surface area contributed by atoms with Crippen LogP contribution in [0.1, 0.15) is 22.0 Å². The van der Waals surface area contributed by atoms with Gasteiger partial charge in [0.25, 0.3) is 0 Å². The number of rotatable bonds is 3. The molecule has 1 nitrogen and oxygen atoms in total. The molecule has 0 saturated heterocycles. The Balaban J connectivity index is 2.42. The highest BCUT2D eigenvalue weighted by Crippen LogP contribution is 2.32. The van der Waals surface area contributed by atoms with Crippen LogP contribution in [0.2, 0.25) is 5.02 Å². The van der Waals surface area contributed by atoms with E-state index in [1.807, 2.05) is 19.2 Å². The summed E-state index contributed by atoms with van der Waals surface area (Å²) in [4.78, 5) is 1.32. The molecule has 0 bridgehead atoms. The number of hydrogen-bond acceptors (Lipinski definition) is 2. The van der Waals surface area contributed by atoms with Gasteiger partial charge >= 0.3 is 0 Å². The predicted molar refractivity (Wildman–Crippen MR) is 79.1 cm³/mol. The molecule has 2 rings (SSSR count). The van der Waals surface area contributed by atoms with Crippen molar-refractivity contribution in [3.8, 4) is 0 Å². The van der Waals surface area contributed by atoms with E-state index in [1.165, 1.54) is 16.0 Å². The second kappa shape index (κ2) is 5.53. The molecule has 0 aliphatic carbocycles. The van der Waals surface area contributed by atoms with Gasteiger partial charge < -0.3 is 5.32 Å². The highest BCUT2D eigenvalue weighted by Gasteiger charge is 2.16. The van der Waals surface area contributed by atoms with Crippen LogP contribution >= 0.6 is 38.9 Å². The van der Waals surface area contributed by atoms with Gasteiger partial charge in [-0.15, -0.1) is 11.3 Å². The SMILES string of the molecule is CNC(c1csc(C)c1)c1ccc(Cl)cc1Br. The zero-order valence-corrected chi connectivity index (χ0v) is 12.8. The van der Waals surface area contributed by atoms with Crippen LogP contribution in [-0.2, 0) is 0 Å². The number of benzene rings is 1. The van der Waals surface area contributed by atoms with E-state index in [1.54, 1.807) is 11.3 Å². The lowest BCUT2D eigenvalue weighted by molar-refractivity contribution is 0.691. The summed E-state index contributed by atoms with van der Waals surface area (Å²) in [7, 11) is 1.97. The van der Waals surface area contributed by atoms with Gasteiger partial charge in [-0.3, -0.25) is 0 Å². The number of thiophene rings is 1. The highest BCUT2D eigenvalue weighted by molar-refractivity contribution is 9.10. The van der Waals surface area contributed by atoms with E-state index >= 15 is 0 Å². The molecule has 17 heavy (non-hydrogen) atoms. The Morgan fingerprint density at radius 1 is 1.35 bits per heavy atom. The smallest absolute Gasteiger partial charge is 0.0593 e. The van der Waals surface area contributed by atoms with Crippen molar-refractivity contribution >= 4 is 38.9 Å². The van der Waals surface area contributed by atoms with E-state index in [0.717, 1.165) is 9.50 Å². The summed E-state index contributed by atoms with van der Waals surface area (Å²) in [6.45, 7) is 2.12. The third-order valence-electron chi connectivity index (χ3n) is 2.65. The van der Waals surface area contributed by atoms with Crippen LogP contribution in [0.15, 0.2) is 34.1 Å². The zero-order chi connectivity index (χ0) is 12.4. The van der Waals surface area contributed by atoms with E-state index in [0.29, 0.717) is 0 Å². The van der Waals surface area contributed by atoms with Crippen LogP contribution in [0.4, 0.5) is 0 Å². The Labute approximate surface area is 119 Å². The Morgan fingerprint density at radius 3 is 2.65 bits per heavy atom. The summed E-state index contributed by atoms with van der Waals surface area (Å²) in [5, 5.41) is 6.28. The van der Waals surface area contributed by atoms with Gasteiger partial charge in [0.15, 0.2) is 0 Å². The fourth-order valence-corrected chi connectivity index (χ4v) is 3.49. The van der Waals surface area contributed by atoms with Crippen LogP contribution in [0.3, 0.4) is 0 Å². The van der Waals surface area contributed by atoms with E-state index < -0.39 is 0 Å². The number of nitrogens with one attached hydrogen (secondary N) is 1. The minimum absolute atomic E-state index is 0.201. The van der Waals surface area contributed by atoms with Crippen LogP contribution < -0.4 is 5.32 Å². The molecule has 0 saturated carbocycles. The second-order valence-corrected chi connectivity index (χ2v) is 6.28. The lowest BCUT2D eigenvalue weighted by Crippen LogP contribution is -2.17. The molecule has 1 atom stereocenters. The van der Waals surface area contributed by atoms with Crippen LogP contribution in [0.25, 0.3) is 0 Å². The van der Waals surface area contributed by atoms with Crippen molar-refractivity contribution in [1.29, 1.82) is 0 Å². The standard InChI is InChI=1S/C13H13BrClNS/c1-8-5-9(7-17-8)13(16-2)11-4-3-10(15)6-12(11)14/h3-7,13,16H,1-2H3. The fourth-order valence-electron chi connectivity index (χ4n) is 1.85. The second-order valence-electron chi connectivity index (χ2n) is 3.88. The van der Waals surface area contributed by atoms with Crippen molar-refractivity contribution < 1.29 is 0 Å². The molecule has 0 aliphatic rings. The van der Waals surface area contributed by atoms with Crippen LogP contribution in [-0.4, -0.2) is 7.05 Å². The monoisotopic (exact) mass is 329 g/mol. The molecular weight excluding hydrogens is 318 g/mol. The first-order valence-corrected chi connectivity index (χ1v) is 7.34. The first-order valence-electron chi connectivity index (χ1n) is 5.29. The molecular formula is C13H13BrClNS. The highest BCUT2D eigenvalue weighted by atomic mass is 79.9. The average molecular weight is 331 g/mol. The maximum absolute atomic E-state index is 5.97. The Bertz CT molecular complexity index is 524. The number of aryl methyl sites for hydroxylation is 1. The third kappa shape index (κ3) is 2.91. The van der Waals surface area contributed by atoms with Crippen molar-refractivity contribution in [2.24, 2.45) is 0 Å². The van der Waals surface area contributed by atoms with E-state index in [4.69, 9.17) is 11.6 Å². The third-order valence-corrected chi connectivity index (χ3v) is 4.45. The molecule has 1 aromatic carbocycles. The molecule has 1 heterocycles. The summed E-state index contributed by atoms with van der Waals surface area (Å²) in [5.74, 6) is 0. The maximum Gasteiger partial charge on any atom is 0.0593 e. The van der Waals surface area contributed by atoms with Gasteiger partial charge in [-0.1, -0.05) is 33.6 Å². The van der Waals surface area contributed by atoms with Gasteiger partial charge in [0.1, 0.15) is 0 Å². The molecule has 2 aromatic rings. The lowest BCUT2D eigenvalue weighted by atomic mass is 10.0. The first-order chi connectivity index (χ1) is 8.11. The molecule has 0 fully saturated rings. The fraction of sp³-hybridized carbons (Fsp3) is 0.231. The van der Waals surface area contributed by atoms with E-state index in [2.05, 4.69) is 45.7 Å². The van der Waals surface area contributed by atoms with Crippen molar-refractivity contribution in [1.82, 2.24) is 5.32 Å². The van der Waals surface area contributed by atoms with Crippen molar-refractivity contribution in [2.45, 2.75) is 13.0 Å². The van der Waals surface area contributed by atoms with Crippen LogP contribution in [0.5, 0.6) is 0 Å². The summed E-state index contributed by atoms with van der Waals surface area (Å²) >= 11 is 11.3. The summed E-state index contributed by atoms with van der Waals surface area (Å²) in [5.41, 5.74) is 2.49. The molecule has 90 valence electrons. The summed E-state index contributed by atoms with van der Waals surface area (Å²) in [6, 6.07) is 8.32. The molecule has 1 unspecified atom stereocenters. The lowest BCUT2D eigenvalue weighted by Gasteiger charge is -2.17. The Kier molecular flexibility index (Phi) is 4.26. The molecule has 0 aliphatic heterocycles. The zero-order valence-electron chi connectivity index (χ0n) is 9.63. The largest absolute Gasteiger partial charge is 0.309 e. The molecule has 0 amide bonds. The molecule has 1 aromatic heterocycles. The normalized spacial score (nSPS) is 12.7. The molecule has 0 radical (unpaired) electrons. The first kappa shape index (κ1) is 13.1. The van der Waals surface area contributed by atoms with Gasteiger partial charge in [-0.05, 0) is 48.7 Å². The van der Waals surface area contributed by atoms with Gasteiger partial charge in [0.2, 0.25) is 0 Å². The Morgan fingerprint density at radius 2 is 2.12 bits per heavy atom. The van der Waals surface area contributed by atoms with Crippen molar-refractivity contribution in [3.05, 3.63) is 55.1 Å². The minimum Gasteiger partial charge on any atom is -0.309 e. The topological polar surface area (TPSA) is 12.0 Å². The van der Waals surface area contributed by atoms with Crippen LogP contribution in [0, 0.1) is 6.92 Å². The van der Waals surface area contributed by atoms with Gasteiger partial charge in [0.05, 0.1) is 6.04 Å². The van der Waals surface area contributed by atoms with E-state index in [-0.39, 0.29) is 6.04 Å². The number of halogens is 2. The molecule has 0 spiro atoms. The number of hydrogen-bond donors (Lipinski definition) is 1. The van der Waals surface area contributed by atoms with Gasteiger partial charge in [-0.2, -0.15) is 0 Å². The summed E-state index contributed by atoms with van der Waals surface area (Å²) < 4.78 is 1.04. The molecule has 4 heteroatoms. The average Bonchev–Trinajstić information content (AvgIpc) is 2.69. The van der Waals surface area contributed by atoms with E-state index in [9.17, 15) is 0 Å².